The maximum atomic E-state index is 12.6. The summed E-state index contributed by atoms with van der Waals surface area (Å²) in [5.41, 5.74) is 3.62. The first-order chi connectivity index (χ1) is 15.1. The first-order valence-electron chi connectivity index (χ1n) is 9.54. The Balaban J connectivity index is 1.40. The van der Waals surface area contributed by atoms with Gasteiger partial charge < -0.3 is 9.03 Å². The molecule has 158 valence electrons. The minimum atomic E-state index is -0.193. The zero-order chi connectivity index (χ0) is 21.4. The molecule has 0 unspecified atom stereocenters. The quantitative estimate of drug-likeness (QED) is 0.290. The number of aromatic amines is 1. The summed E-state index contributed by atoms with van der Waals surface area (Å²) in [6, 6.07) is 15.0. The van der Waals surface area contributed by atoms with E-state index in [9.17, 15) is 4.79 Å². The van der Waals surface area contributed by atoms with E-state index in [0.717, 1.165) is 16.7 Å². The monoisotopic (exact) mass is 549 g/mol. The van der Waals surface area contributed by atoms with Crippen LogP contribution >= 0.6 is 34.5 Å². The molecule has 31 heavy (non-hydrogen) atoms. The van der Waals surface area contributed by atoms with Crippen molar-refractivity contribution < 1.29 is 9.03 Å². The van der Waals surface area contributed by atoms with Gasteiger partial charge in [0.2, 0.25) is 0 Å². The Labute approximate surface area is 196 Å². The van der Waals surface area contributed by atoms with E-state index in [0.29, 0.717) is 53.0 Å². The van der Waals surface area contributed by atoms with Gasteiger partial charge >= 0.3 is 0 Å². The lowest BCUT2D eigenvalue weighted by Gasteiger charge is -2.13. The molecule has 0 atom stereocenters. The first-order valence-corrected chi connectivity index (χ1v) is 11.4. The average Bonchev–Trinajstić information content (AvgIpc) is 3.37. The number of hydrogen-bond acceptors (Lipinski definition) is 6. The van der Waals surface area contributed by atoms with Crippen molar-refractivity contribution in [2.75, 3.05) is 4.61 Å². The van der Waals surface area contributed by atoms with E-state index in [1.165, 1.54) is 4.52 Å². The molecule has 2 aromatic carbocycles. The second-order valence-electron chi connectivity index (χ2n) is 7.20. The number of rotatable bonds is 6. The predicted molar refractivity (Wildman–Crippen MR) is 124 cm³/mol. The van der Waals surface area contributed by atoms with Crippen LogP contribution in [0, 0.1) is 0 Å². The van der Waals surface area contributed by atoms with Gasteiger partial charge in [0.05, 0.1) is 5.69 Å². The van der Waals surface area contributed by atoms with E-state index >= 15 is 0 Å². The van der Waals surface area contributed by atoms with Crippen LogP contribution in [-0.4, -0.2) is 29.1 Å². The molecule has 1 aliphatic heterocycles. The maximum Gasteiger partial charge on any atom is 0.274 e. The van der Waals surface area contributed by atoms with Crippen LogP contribution in [-0.2, 0) is 19.6 Å². The zero-order valence-corrected chi connectivity index (χ0v) is 19.1. The van der Waals surface area contributed by atoms with Gasteiger partial charge in [-0.3, -0.25) is 14.8 Å². The summed E-state index contributed by atoms with van der Waals surface area (Å²) in [4.78, 5) is 23.9. The molecular weight excluding hydrogens is 533 g/mol. The number of benzene rings is 2. The highest BCUT2D eigenvalue weighted by atomic mass is 127. The predicted octanol–water partition coefficient (Wildman–Crippen LogP) is 3.90. The lowest BCUT2D eigenvalue weighted by Crippen LogP contribution is -2.21. The van der Waals surface area contributed by atoms with Crippen molar-refractivity contribution in [1.29, 1.82) is 0 Å². The largest absolute Gasteiger partial charge is 0.479 e. The van der Waals surface area contributed by atoms with Crippen LogP contribution in [0.2, 0.25) is 0 Å². The average molecular weight is 550 g/mol. The number of H-pyrrole nitrogens is 1. The van der Waals surface area contributed by atoms with Crippen molar-refractivity contribution >= 4 is 40.2 Å². The van der Waals surface area contributed by atoms with Gasteiger partial charge in [-0.1, -0.05) is 30.3 Å². The fourth-order valence-corrected chi connectivity index (χ4v) is 4.24. The highest BCUT2D eigenvalue weighted by Gasteiger charge is 2.23. The van der Waals surface area contributed by atoms with E-state index in [1.807, 2.05) is 42.5 Å². The third-order valence-electron chi connectivity index (χ3n) is 5.16. The Bertz CT molecular complexity index is 1310. The summed E-state index contributed by atoms with van der Waals surface area (Å²) in [6.45, 7) is 1.93. The van der Waals surface area contributed by atoms with Crippen LogP contribution in [0.15, 0.2) is 53.3 Å². The molecule has 0 saturated heterocycles. The molecule has 4 aromatic rings. The molecule has 0 saturated carbocycles. The van der Waals surface area contributed by atoms with E-state index < -0.39 is 0 Å². The topological polar surface area (TPSA) is 84.8 Å². The standard InChI is InChI=1S/C21H17ClIN5O3/c22-31-18-7-15-10-27(9-14(15)6-17(18)30-12-23)11-16-8-19(29)28-21(24-16)25-20(26-28)13-4-2-1-3-5-13/h1-8H,9-12H2,(H,24,25,26). The number of ether oxygens (including phenoxy) is 1. The summed E-state index contributed by atoms with van der Waals surface area (Å²) < 4.78 is 12.4. The Morgan fingerprint density at radius 2 is 1.81 bits per heavy atom. The fourth-order valence-electron chi connectivity index (χ4n) is 3.78. The Hall–Kier alpha value is -2.63. The van der Waals surface area contributed by atoms with Gasteiger partial charge in [-0.25, -0.2) is 4.98 Å². The molecule has 0 aliphatic carbocycles. The van der Waals surface area contributed by atoms with E-state index in [4.69, 9.17) is 20.9 Å². The van der Waals surface area contributed by atoms with Crippen LogP contribution in [0.3, 0.4) is 0 Å². The molecule has 10 heteroatoms. The lowest BCUT2D eigenvalue weighted by atomic mass is 10.1. The number of alkyl halides is 1. The van der Waals surface area contributed by atoms with E-state index in [2.05, 4.69) is 42.6 Å². The highest BCUT2D eigenvalue weighted by Crippen LogP contribution is 2.36. The Kier molecular flexibility index (Phi) is 5.55. The second-order valence-corrected chi connectivity index (χ2v) is 7.98. The number of fused-ring (bicyclic) bond motifs is 2. The molecule has 3 heterocycles. The van der Waals surface area contributed by atoms with Gasteiger partial charge in [-0.05, 0) is 45.9 Å². The van der Waals surface area contributed by atoms with Crippen molar-refractivity contribution in [3.05, 3.63) is 75.7 Å². The number of hydrogen-bond donors (Lipinski definition) is 1. The second kappa shape index (κ2) is 8.48. The van der Waals surface area contributed by atoms with Gasteiger partial charge in [-0.2, -0.15) is 9.50 Å². The molecule has 0 spiro atoms. The summed E-state index contributed by atoms with van der Waals surface area (Å²) in [5.74, 6) is 2.08. The summed E-state index contributed by atoms with van der Waals surface area (Å²) >= 11 is 7.73. The normalized spacial score (nSPS) is 13.5. The molecule has 1 N–H and O–H groups in total. The van der Waals surface area contributed by atoms with Gasteiger partial charge in [0, 0.05) is 31.3 Å². The fraction of sp³-hybridized carbons (Fsp3) is 0.190. The summed E-state index contributed by atoms with van der Waals surface area (Å²) in [5, 5.41) is 3.02. The van der Waals surface area contributed by atoms with Crippen LogP contribution in [0.4, 0.5) is 0 Å². The molecule has 0 fully saturated rings. The van der Waals surface area contributed by atoms with Gasteiger partial charge in [0.15, 0.2) is 17.3 Å². The Morgan fingerprint density at radius 1 is 1.06 bits per heavy atom. The smallest absolute Gasteiger partial charge is 0.274 e. The molecule has 2 aromatic heterocycles. The summed E-state index contributed by atoms with van der Waals surface area (Å²) in [6.07, 6.45) is 0. The van der Waals surface area contributed by atoms with Crippen molar-refractivity contribution in [3.63, 3.8) is 0 Å². The summed E-state index contributed by atoms with van der Waals surface area (Å²) in [7, 11) is 0. The molecular formula is C21H17ClIN5O3. The van der Waals surface area contributed by atoms with E-state index in [1.54, 1.807) is 6.07 Å². The molecule has 5 rings (SSSR count). The highest BCUT2D eigenvalue weighted by molar-refractivity contribution is 14.1. The van der Waals surface area contributed by atoms with Gasteiger partial charge in [-0.15, -0.1) is 0 Å². The number of aromatic nitrogens is 4. The molecule has 0 radical (unpaired) electrons. The first kappa shape index (κ1) is 20.3. The maximum absolute atomic E-state index is 12.6. The molecule has 1 aliphatic rings. The SMILES string of the molecule is O=c1cc(CN2Cc3cc(OCl)c(OCI)cc3C2)nc2nc(-c3ccccc3)[nH]n12. The molecule has 0 bridgehead atoms. The minimum Gasteiger partial charge on any atom is -0.479 e. The van der Waals surface area contributed by atoms with Crippen LogP contribution in [0.5, 0.6) is 11.5 Å². The lowest BCUT2D eigenvalue weighted by molar-refractivity contribution is 0.272. The van der Waals surface area contributed by atoms with Crippen LogP contribution in [0.25, 0.3) is 17.2 Å². The van der Waals surface area contributed by atoms with Crippen molar-refractivity contribution in [2.45, 2.75) is 19.6 Å². The number of nitrogens with one attached hydrogen (secondary N) is 1. The Morgan fingerprint density at radius 3 is 2.52 bits per heavy atom. The van der Waals surface area contributed by atoms with E-state index in [-0.39, 0.29) is 5.56 Å². The van der Waals surface area contributed by atoms with Crippen molar-refractivity contribution in [1.82, 2.24) is 24.5 Å². The molecule has 8 nitrogen and oxygen atoms in total. The third-order valence-corrected chi connectivity index (χ3v) is 5.64. The van der Waals surface area contributed by atoms with Gasteiger partial charge in [0.25, 0.3) is 11.3 Å². The van der Waals surface area contributed by atoms with Crippen LogP contribution < -0.4 is 14.6 Å². The van der Waals surface area contributed by atoms with Crippen LogP contribution in [0.1, 0.15) is 16.8 Å². The van der Waals surface area contributed by atoms with Crippen molar-refractivity contribution in [2.24, 2.45) is 0 Å². The minimum absolute atomic E-state index is 0.193. The number of halogens is 2. The molecule has 0 amide bonds. The zero-order valence-electron chi connectivity index (χ0n) is 16.2. The number of nitrogens with zero attached hydrogens (tertiary/aromatic N) is 4. The third kappa shape index (κ3) is 4.00. The van der Waals surface area contributed by atoms with Gasteiger partial charge in [0.1, 0.15) is 16.5 Å². The van der Waals surface area contributed by atoms with Crippen molar-refractivity contribution in [3.8, 4) is 22.9 Å².